The van der Waals surface area contributed by atoms with Crippen molar-refractivity contribution in [2.45, 2.75) is 45.2 Å². The van der Waals surface area contributed by atoms with E-state index in [9.17, 15) is 0 Å². The Kier molecular flexibility index (Phi) is 9.94. The highest BCUT2D eigenvalue weighted by molar-refractivity contribution is 6.68. The molecule has 0 aromatic heterocycles. The summed E-state index contributed by atoms with van der Waals surface area (Å²) >= 11 is 0. The Morgan fingerprint density at radius 2 is 1.71 bits per heavy atom. The molecule has 94 valence electrons. The van der Waals surface area contributed by atoms with Gasteiger partial charge in [-0.15, -0.1) is 30.4 Å². The summed E-state index contributed by atoms with van der Waals surface area (Å²) in [4.78, 5) is 0. The number of rotatable bonds is 10. The predicted octanol–water partition coefficient (Wildman–Crippen LogP) is 3.78. The van der Waals surface area contributed by atoms with E-state index in [1.54, 1.807) is 10.7 Å². The lowest BCUT2D eigenvalue weighted by Gasteiger charge is -2.17. The molecule has 0 heterocycles. The molecule has 0 saturated carbocycles. The molecule has 0 atom stereocenters. The van der Waals surface area contributed by atoms with Crippen LogP contribution in [0.5, 0.6) is 0 Å². The van der Waals surface area contributed by atoms with Crippen LogP contribution in [0.2, 0.25) is 12.6 Å². The van der Waals surface area contributed by atoms with Gasteiger partial charge in [0.1, 0.15) is 0 Å². The van der Waals surface area contributed by atoms with Gasteiger partial charge in [-0.1, -0.05) is 50.6 Å². The molecule has 0 aliphatic carbocycles. The number of unbranched alkanes of at least 4 members (excludes halogenated alkanes) is 1. The van der Waals surface area contributed by atoms with Gasteiger partial charge in [0.25, 0.3) is 0 Å². The van der Waals surface area contributed by atoms with Gasteiger partial charge in [0, 0.05) is 10.2 Å². The first-order valence-corrected chi connectivity index (χ1v) is 7.72. The van der Waals surface area contributed by atoms with E-state index in [4.69, 9.17) is 0 Å². The van der Waals surface area contributed by atoms with E-state index in [0.717, 1.165) is 19.1 Å². The van der Waals surface area contributed by atoms with Crippen LogP contribution in [0, 0.1) is 0 Å². The predicted molar refractivity (Wildman–Crippen MR) is 87.1 cm³/mol. The molecular formula is C15H27BSi. The summed E-state index contributed by atoms with van der Waals surface area (Å²) in [7, 11) is 1.18. The third kappa shape index (κ3) is 6.52. The first kappa shape index (κ1) is 16.2. The van der Waals surface area contributed by atoms with Crippen molar-refractivity contribution in [2.75, 3.05) is 0 Å². The average Bonchev–Trinajstić information content (AvgIpc) is 2.33. The quantitative estimate of drug-likeness (QED) is 0.406. The van der Waals surface area contributed by atoms with Crippen molar-refractivity contribution in [1.82, 2.24) is 0 Å². The van der Waals surface area contributed by atoms with Gasteiger partial charge in [0.05, 0.1) is 0 Å². The summed E-state index contributed by atoms with van der Waals surface area (Å²) in [5.41, 5.74) is 1.61. The fourth-order valence-corrected chi connectivity index (χ4v) is 3.20. The molecule has 2 heteroatoms. The standard InChI is InChI=1S/C15H27BSi/c1-5-9-11-15(17)14(10-6-2)16(12-7-3)13-8-4/h6-8H,2-5,9-13H2,1,17H3/b15-14-. The molecule has 0 fully saturated rings. The summed E-state index contributed by atoms with van der Waals surface area (Å²) < 4.78 is 0. The summed E-state index contributed by atoms with van der Waals surface area (Å²) in [6.07, 6.45) is 13.1. The van der Waals surface area contributed by atoms with E-state index in [-0.39, 0.29) is 0 Å². The van der Waals surface area contributed by atoms with Crippen molar-refractivity contribution in [3.8, 4) is 0 Å². The summed E-state index contributed by atoms with van der Waals surface area (Å²) in [5, 5.41) is 1.68. The maximum Gasteiger partial charge on any atom is 0.177 e. The van der Waals surface area contributed by atoms with Crippen molar-refractivity contribution in [3.05, 3.63) is 48.6 Å². The van der Waals surface area contributed by atoms with Gasteiger partial charge in [0.2, 0.25) is 0 Å². The molecule has 0 aliphatic heterocycles. The first-order chi connectivity index (χ1) is 8.21. The second-order valence-electron chi connectivity index (χ2n) is 4.65. The van der Waals surface area contributed by atoms with Crippen molar-refractivity contribution in [3.63, 3.8) is 0 Å². The van der Waals surface area contributed by atoms with Crippen LogP contribution in [-0.2, 0) is 0 Å². The van der Waals surface area contributed by atoms with Gasteiger partial charge >= 0.3 is 0 Å². The Morgan fingerprint density at radius 1 is 1.12 bits per heavy atom. The van der Waals surface area contributed by atoms with Gasteiger partial charge < -0.3 is 0 Å². The van der Waals surface area contributed by atoms with Crippen LogP contribution < -0.4 is 0 Å². The van der Waals surface area contributed by atoms with Crippen molar-refractivity contribution in [1.29, 1.82) is 0 Å². The highest BCUT2D eigenvalue weighted by Crippen LogP contribution is 2.21. The van der Waals surface area contributed by atoms with Gasteiger partial charge in [-0.3, -0.25) is 0 Å². The van der Waals surface area contributed by atoms with Crippen molar-refractivity contribution < 1.29 is 0 Å². The Labute approximate surface area is 111 Å². The Bertz CT molecular complexity index is 269. The zero-order valence-electron chi connectivity index (χ0n) is 11.7. The monoisotopic (exact) mass is 246 g/mol. The molecule has 0 nitrogen and oxygen atoms in total. The molecule has 0 radical (unpaired) electrons. The normalized spacial score (nSPS) is 11.8. The maximum atomic E-state index is 3.90. The zero-order valence-corrected chi connectivity index (χ0v) is 13.7. The molecule has 0 N–H and O–H groups in total. The summed E-state index contributed by atoms with van der Waals surface area (Å²) in [6.45, 7) is 14.5. The van der Waals surface area contributed by atoms with Crippen LogP contribution in [0.1, 0.15) is 32.6 Å². The average molecular weight is 246 g/mol. The minimum absolute atomic E-state index is 0.604. The fraction of sp³-hybridized carbons (Fsp3) is 0.467. The Morgan fingerprint density at radius 3 is 2.12 bits per heavy atom. The molecule has 0 rings (SSSR count). The van der Waals surface area contributed by atoms with Gasteiger partial charge in [-0.25, -0.2) is 0 Å². The SMILES string of the molecule is C=CCB(CC=C)/C(CC=C)=C(\[SiH3])CCCC. The largest absolute Gasteiger partial charge is 0.177 e. The van der Waals surface area contributed by atoms with E-state index in [2.05, 4.69) is 26.7 Å². The van der Waals surface area contributed by atoms with E-state index >= 15 is 0 Å². The lowest BCUT2D eigenvalue weighted by molar-refractivity contribution is 0.803. The fourth-order valence-electron chi connectivity index (χ4n) is 2.23. The minimum Gasteiger partial charge on any atom is -0.104 e. The first-order valence-electron chi connectivity index (χ1n) is 6.72. The van der Waals surface area contributed by atoms with Gasteiger partial charge in [0.15, 0.2) is 6.71 Å². The molecule has 0 unspecified atom stereocenters. The highest BCUT2D eigenvalue weighted by atomic mass is 28.1. The van der Waals surface area contributed by atoms with Gasteiger partial charge in [-0.2, -0.15) is 0 Å². The van der Waals surface area contributed by atoms with Crippen molar-refractivity contribution >= 4 is 17.0 Å². The minimum atomic E-state index is 0.604. The molecule has 0 aliphatic rings. The molecule has 0 saturated heterocycles. The third-order valence-electron chi connectivity index (χ3n) is 3.21. The second kappa shape index (κ2) is 10.4. The molecule has 0 amide bonds. The summed E-state index contributed by atoms with van der Waals surface area (Å²) in [6, 6.07) is 0. The van der Waals surface area contributed by atoms with Crippen LogP contribution in [0.15, 0.2) is 48.6 Å². The number of allylic oxidation sites excluding steroid dienone is 5. The third-order valence-corrected chi connectivity index (χ3v) is 4.36. The molecule has 0 spiro atoms. The van der Waals surface area contributed by atoms with Crippen LogP contribution >= 0.6 is 0 Å². The molecule has 0 aromatic rings. The smallest absolute Gasteiger partial charge is 0.104 e. The van der Waals surface area contributed by atoms with Crippen LogP contribution in [0.3, 0.4) is 0 Å². The Hall–Kier alpha value is -0.758. The van der Waals surface area contributed by atoms with E-state index < -0.39 is 0 Å². The maximum absolute atomic E-state index is 3.90. The van der Waals surface area contributed by atoms with Crippen LogP contribution in [-0.4, -0.2) is 17.0 Å². The van der Waals surface area contributed by atoms with E-state index in [1.807, 2.05) is 18.2 Å². The Balaban J connectivity index is 4.90. The number of hydrogen-bond acceptors (Lipinski definition) is 0. The lowest BCUT2D eigenvalue weighted by atomic mass is 9.39. The zero-order chi connectivity index (χ0) is 13.1. The number of hydrogen-bond donors (Lipinski definition) is 0. The molecular weight excluding hydrogens is 219 g/mol. The second-order valence-corrected chi connectivity index (χ2v) is 5.85. The van der Waals surface area contributed by atoms with E-state index in [1.165, 1.54) is 29.5 Å². The lowest BCUT2D eigenvalue weighted by Crippen LogP contribution is -2.17. The van der Waals surface area contributed by atoms with E-state index in [0.29, 0.717) is 6.71 Å². The van der Waals surface area contributed by atoms with Gasteiger partial charge in [-0.05, 0) is 12.8 Å². The summed E-state index contributed by atoms with van der Waals surface area (Å²) in [5.74, 6) is 0. The van der Waals surface area contributed by atoms with Crippen molar-refractivity contribution in [2.24, 2.45) is 0 Å². The molecule has 0 bridgehead atoms. The molecule has 0 aromatic carbocycles. The molecule has 17 heavy (non-hydrogen) atoms. The topological polar surface area (TPSA) is 0 Å². The van der Waals surface area contributed by atoms with Crippen LogP contribution in [0.25, 0.3) is 0 Å². The highest BCUT2D eigenvalue weighted by Gasteiger charge is 2.16. The van der Waals surface area contributed by atoms with Crippen LogP contribution in [0.4, 0.5) is 0 Å².